The SMILES string of the molecule is COc1ccc(CCNC[C@H](O)COc2ccc(NN=C(C)C)nn2)cc1OC.Cl.Cl. The summed E-state index contributed by atoms with van der Waals surface area (Å²) in [6.45, 7) is 4.99. The number of aliphatic hydroxyl groups excluding tert-OH is 1. The van der Waals surface area contributed by atoms with E-state index in [1.54, 1.807) is 26.4 Å². The lowest BCUT2D eigenvalue weighted by atomic mass is 10.1. The third kappa shape index (κ3) is 10.5. The fraction of sp³-hybridized carbons (Fsp3) is 0.450. The van der Waals surface area contributed by atoms with Gasteiger partial charge in [-0.25, -0.2) is 0 Å². The second kappa shape index (κ2) is 15.5. The number of nitrogens with one attached hydrogen (secondary N) is 2. The van der Waals surface area contributed by atoms with E-state index in [4.69, 9.17) is 14.2 Å². The van der Waals surface area contributed by atoms with E-state index in [1.807, 2.05) is 32.0 Å². The van der Waals surface area contributed by atoms with Gasteiger partial charge >= 0.3 is 0 Å². The summed E-state index contributed by atoms with van der Waals surface area (Å²) in [4.78, 5) is 0. The molecule has 2 aromatic rings. The first-order valence-electron chi connectivity index (χ1n) is 9.35. The molecule has 0 radical (unpaired) electrons. The van der Waals surface area contributed by atoms with Crippen LogP contribution in [0.3, 0.4) is 0 Å². The van der Waals surface area contributed by atoms with Crippen LogP contribution in [-0.2, 0) is 6.42 Å². The lowest BCUT2D eigenvalue weighted by molar-refractivity contribution is 0.103. The maximum atomic E-state index is 10.1. The number of aliphatic hydroxyl groups is 1. The smallest absolute Gasteiger partial charge is 0.233 e. The summed E-state index contributed by atoms with van der Waals surface area (Å²) in [5.74, 6) is 2.28. The van der Waals surface area contributed by atoms with Crippen molar-refractivity contribution in [1.82, 2.24) is 15.5 Å². The van der Waals surface area contributed by atoms with Crippen LogP contribution in [0.1, 0.15) is 19.4 Å². The van der Waals surface area contributed by atoms with Crippen molar-refractivity contribution in [3.63, 3.8) is 0 Å². The first-order valence-corrected chi connectivity index (χ1v) is 9.35. The first-order chi connectivity index (χ1) is 14.0. The fourth-order valence-electron chi connectivity index (χ4n) is 2.40. The van der Waals surface area contributed by atoms with E-state index < -0.39 is 6.10 Å². The minimum Gasteiger partial charge on any atom is -0.493 e. The van der Waals surface area contributed by atoms with Crippen molar-refractivity contribution in [2.45, 2.75) is 26.4 Å². The Morgan fingerprint density at radius 2 is 1.81 bits per heavy atom. The number of hydrogen-bond donors (Lipinski definition) is 3. The van der Waals surface area contributed by atoms with Crippen LogP contribution < -0.4 is 25.0 Å². The highest BCUT2D eigenvalue weighted by atomic mass is 35.5. The van der Waals surface area contributed by atoms with E-state index in [0.29, 0.717) is 36.3 Å². The zero-order chi connectivity index (χ0) is 21.1. The predicted molar refractivity (Wildman–Crippen MR) is 127 cm³/mol. The van der Waals surface area contributed by atoms with Crippen molar-refractivity contribution in [2.75, 3.05) is 39.3 Å². The average Bonchev–Trinajstić information content (AvgIpc) is 2.74. The molecule has 174 valence electrons. The van der Waals surface area contributed by atoms with Gasteiger partial charge in [-0.3, -0.25) is 5.43 Å². The highest BCUT2D eigenvalue weighted by Gasteiger charge is 2.07. The van der Waals surface area contributed by atoms with Crippen LogP contribution >= 0.6 is 24.8 Å². The Morgan fingerprint density at radius 3 is 2.42 bits per heavy atom. The second-order valence-corrected chi connectivity index (χ2v) is 6.54. The molecule has 0 aliphatic carbocycles. The molecule has 31 heavy (non-hydrogen) atoms. The summed E-state index contributed by atoms with van der Waals surface area (Å²) in [6, 6.07) is 9.21. The molecule has 0 aliphatic rings. The van der Waals surface area contributed by atoms with Crippen molar-refractivity contribution in [1.29, 1.82) is 0 Å². The van der Waals surface area contributed by atoms with Gasteiger partial charge in [-0.05, 0) is 50.6 Å². The normalized spacial score (nSPS) is 10.7. The van der Waals surface area contributed by atoms with Gasteiger partial charge in [0.25, 0.3) is 0 Å². The Morgan fingerprint density at radius 1 is 1.06 bits per heavy atom. The van der Waals surface area contributed by atoms with Crippen molar-refractivity contribution in [3.8, 4) is 17.4 Å². The van der Waals surface area contributed by atoms with Gasteiger partial charge in [0, 0.05) is 18.3 Å². The van der Waals surface area contributed by atoms with Crippen molar-refractivity contribution in [2.24, 2.45) is 5.10 Å². The van der Waals surface area contributed by atoms with Gasteiger partial charge in [0.1, 0.15) is 12.7 Å². The number of aromatic nitrogens is 2. The highest BCUT2D eigenvalue weighted by Crippen LogP contribution is 2.27. The van der Waals surface area contributed by atoms with Crippen molar-refractivity contribution in [3.05, 3.63) is 35.9 Å². The van der Waals surface area contributed by atoms with Crippen LogP contribution in [0, 0.1) is 0 Å². The number of anilines is 1. The van der Waals surface area contributed by atoms with Crippen LogP contribution in [0.25, 0.3) is 0 Å². The van der Waals surface area contributed by atoms with Gasteiger partial charge in [-0.1, -0.05) is 6.07 Å². The molecule has 1 heterocycles. The average molecular weight is 476 g/mol. The number of halogens is 2. The molecule has 0 fully saturated rings. The molecule has 0 amide bonds. The van der Waals surface area contributed by atoms with E-state index in [2.05, 4.69) is 26.0 Å². The zero-order valence-corrected chi connectivity index (χ0v) is 19.8. The summed E-state index contributed by atoms with van der Waals surface area (Å²) in [6.07, 6.45) is 0.139. The summed E-state index contributed by atoms with van der Waals surface area (Å²) >= 11 is 0. The molecule has 0 unspecified atom stereocenters. The molecule has 0 saturated heterocycles. The quantitative estimate of drug-likeness (QED) is 0.244. The number of ether oxygens (including phenoxy) is 3. The molecule has 9 nitrogen and oxygen atoms in total. The number of nitrogens with zero attached hydrogens (tertiary/aromatic N) is 3. The maximum Gasteiger partial charge on any atom is 0.233 e. The maximum absolute atomic E-state index is 10.1. The Labute approximate surface area is 195 Å². The van der Waals surface area contributed by atoms with Crippen LogP contribution in [0.5, 0.6) is 17.4 Å². The molecular weight excluding hydrogens is 445 g/mol. The molecule has 1 atom stereocenters. The molecule has 0 spiro atoms. The van der Waals surface area contributed by atoms with Gasteiger partial charge < -0.3 is 24.6 Å². The molecule has 0 aliphatic heterocycles. The van der Waals surface area contributed by atoms with E-state index >= 15 is 0 Å². The Balaban J connectivity index is 0.00000450. The Kier molecular flexibility index (Phi) is 14.3. The molecule has 0 bridgehead atoms. The van der Waals surface area contributed by atoms with Crippen molar-refractivity contribution >= 4 is 36.3 Å². The van der Waals surface area contributed by atoms with Crippen LogP contribution in [0.4, 0.5) is 5.82 Å². The van der Waals surface area contributed by atoms with Gasteiger partial charge in [-0.15, -0.1) is 35.0 Å². The first kappa shape index (κ1) is 28.7. The molecule has 11 heteroatoms. The van der Waals surface area contributed by atoms with E-state index in [1.165, 1.54) is 0 Å². The number of hydrogen-bond acceptors (Lipinski definition) is 9. The number of methoxy groups -OCH3 is 2. The third-order valence-electron chi connectivity index (χ3n) is 3.88. The van der Waals surface area contributed by atoms with E-state index in [9.17, 15) is 5.11 Å². The number of hydrazone groups is 1. The van der Waals surface area contributed by atoms with Gasteiger partial charge in [0.2, 0.25) is 5.88 Å². The Hall–Kier alpha value is -2.33. The molecule has 2 rings (SSSR count). The minimum absolute atomic E-state index is 0. The van der Waals surface area contributed by atoms with E-state index in [-0.39, 0.29) is 31.4 Å². The second-order valence-electron chi connectivity index (χ2n) is 6.54. The summed E-state index contributed by atoms with van der Waals surface area (Å²) < 4.78 is 16.0. The molecule has 1 aromatic carbocycles. The summed E-state index contributed by atoms with van der Waals surface area (Å²) in [5.41, 5.74) is 4.78. The lowest BCUT2D eigenvalue weighted by Gasteiger charge is -2.13. The molecule has 3 N–H and O–H groups in total. The third-order valence-corrected chi connectivity index (χ3v) is 3.88. The number of rotatable bonds is 12. The van der Waals surface area contributed by atoms with Gasteiger partial charge in [0.05, 0.1) is 14.2 Å². The zero-order valence-electron chi connectivity index (χ0n) is 18.1. The minimum atomic E-state index is -0.660. The summed E-state index contributed by atoms with van der Waals surface area (Å²) in [5, 5.41) is 25.2. The standard InChI is InChI=1S/C20H29N5O4.2ClH/c1-14(2)22-23-19-7-8-20(25-24-19)29-13-16(26)12-21-10-9-15-5-6-17(27-3)18(11-15)28-4;;/h5-8,11,16,21,26H,9-10,12-13H2,1-4H3,(H,23,24);2*1H/t16-;;/m0../s1. The predicted octanol–water partition coefficient (Wildman–Crippen LogP) is 2.72. The fourth-order valence-corrected chi connectivity index (χ4v) is 2.40. The van der Waals surface area contributed by atoms with Crippen LogP contribution in [-0.4, -0.2) is 61.0 Å². The number of benzene rings is 1. The Bertz CT molecular complexity index is 790. The van der Waals surface area contributed by atoms with E-state index in [0.717, 1.165) is 17.7 Å². The van der Waals surface area contributed by atoms with Gasteiger partial charge in [-0.2, -0.15) is 5.10 Å². The monoisotopic (exact) mass is 475 g/mol. The summed E-state index contributed by atoms with van der Waals surface area (Å²) in [7, 11) is 3.23. The van der Waals surface area contributed by atoms with Gasteiger partial charge in [0.15, 0.2) is 17.3 Å². The molecule has 1 aromatic heterocycles. The molecule has 0 saturated carbocycles. The molecular formula is C20H31Cl2N5O4. The van der Waals surface area contributed by atoms with Crippen LogP contribution in [0.2, 0.25) is 0 Å². The topological polar surface area (TPSA) is 110 Å². The lowest BCUT2D eigenvalue weighted by Crippen LogP contribution is -2.32. The van der Waals surface area contributed by atoms with Crippen molar-refractivity contribution < 1.29 is 19.3 Å². The highest BCUT2D eigenvalue weighted by molar-refractivity contribution is 5.85. The van der Waals surface area contributed by atoms with Crippen LogP contribution in [0.15, 0.2) is 35.4 Å². The largest absolute Gasteiger partial charge is 0.493 e.